The summed E-state index contributed by atoms with van der Waals surface area (Å²) in [5.41, 5.74) is 3.38. The number of benzene rings is 2. The second-order valence-corrected chi connectivity index (χ2v) is 12.6. The Hall–Kier alpha value is -3.56. The van der Waals surface area contributed by atoms with Crippen molar-refractivity contribution in [1.29, 1.82) is 0 Å². The molecule has 3 heterocycles. The second-order valence-electron chi connectivity index (χ2n) is 10.4. The van der Waals surface area contributed by atoms with Crippen LogP contribution in [0.25, 0.3) is 21.2 Å². The minimum Gasteiger partial charge on any atom is -0.348 e. The molecule has 11 heteroatoms. The van der Waals surface area contributed by atoms with Gasteiger partial charge in [-0.1, -0.05) is 59.1 Å². The summed E-state index contributed by atoms with van der Waals surface area (Å²) in [6, 6.07) is 15.5. The molecule has 1 N–H and O–H groups in total. The molecule has 1 aliphatic carbocycles. The van der Waals surface area contributed by atoms with Crippen LogP contribution in [0.15, 0.2) is 79.5 Å². The first kappa shape index (κ1) is 29.5. The molecule has 0 bridgehead atoms. The molecular formula is C32H26Cl3N5O2S. The van der Waals surface area contributed by atoms with Gasteiger partial charge in [0.1, 0.15) is 10.6 Å². The molecule has 5 aromatic rings. The molecular weight excluding hydrogens is 625 g/mol. The quantitative estimate of drug-likeness (QED) is 0.192. The maximum atomic E-state index is 14.3. The SMILES string of the molecule is O=C(NC1CCC(N(Cc2cccc(-c3ccncc3)c2)C(=O)c2sc3c(Cl)c(Cl)ccc3c2Cl)CC1)c1cnccn1. The van der Waals surface area contributed by atoms with Crippen LogP contribution < -0.4 is 5.32 Å². The highest BCUT2D eigenvalue weighted by Gasteiger charge is 2.33. The molecule has 2 amide bonds. The highest BCUT2D eigenvalue weighted by Crippen LogP contribution is 2.43. The summed E-state index contributed by atoms with van der Waals surface area (Å²) in [5.74, 6) is -0.398. The van der Waals surface area contributed by atoms with E-state index in [1.807, 2.05) is 35.2 Å². The Morgan fingerprint density at radius 1 is 0.884 bits per heavy atom. The molecule has 43 heavy (non-hydrogen) atoms. The van der Waals surface area contributed by atoms with Crippen LogP contribution in [0.5, 0.6) is 0 Å². The number of rotatable bonds is 7. The van der Waals surface area contributed by atoms with Crippen molar-refractivity contribution in [1.82, 2.24) is 25.2 Å². The van der Waals surface area contributed by atoms with Crippen LogP contribution in [0, 0.1) is 0 Å². The van der Waals surface area contributed by atoms with Gasteiger partial charge in [-0.2, -0.15) is 0 Å². The van der Waals surface area contributed by atoms with Crippen LogP contribution in [0.3, 0.4) is 0 Å². The number of amides is 2. The van der Waals surface area contributed by atoms with Gasteiger partial charge >= 0.3 is 0 Å². The first-order valence-corrected chi connectivity index (χ1v) is 15.8. The fourth-order valence-corrected chi connectivity index (χ4v) is 7.50. The first-order valence-electron chi connectivity index (χ1n) is 13.8. The molecule has 0 unspecified atom stereocenters. The molecule has 0 radical (unpaired) electrons. The standard InChI is InChI=1S/C32H26Cl3N5O2S/c33-25-9-8-24-27(34)30(43-29(24)28(25)35)32(42)40(18-19-2-1-3-21(16-19)20-10-12-36-13-11-20)23-6-4-22(5-7-23)39-31(41)26-17-37-14-15-38-26/h1-3,8-17,22-23H,4-7,18H2,(H,39,41). The Kier molecular flexibility index (Phi) is 8.90. The van der Waals surface area contributed by atoms with E-state index in [1.165, 1.54) is 29.9 Å². The average molecular weight is 651 g/mol. The molecule has 0 aliphatic heterocycles. The van der Waals surface area contributed by atoms with Gasteiger partial charge in [0.25, 0.3) is 11.8 Å². The van der Waals surface area contributed by atoms with Gasteiger partial charge < -0.3 is 10.2 Å². The Balaban J connectivity index is 1.27. The molecule has 2 aromatic carbocycles. The monoisotopic (exact) mass is 649 g/mol. The normalized spacial score (nSPS) is 16.6. The minimum atomic E-state index is -0.245. The van der Waals surface area contributed by atoms with Gasteiger partial charge in [-0.3, -0.25) is 19.6 Å². The summed E-state index contributed by atoms with van der Waals surface area (Å²) >= 11 is 20.8. The summed E-state index contributed by atoms with van der Waals surface area (Å²) in [6.07, 6.45) is 10.9. The Bertz CT molecular complexity index is 1780. The van der Waals surface area contributed by atoms with Crippen LogP contribution in [0.2, 0.25) is 15.1 Å². The number of thiophene rings is 1. The minimum absolute atomic E-state index is 0.0217. The van der Waals surface area contributed by atoms with E-state index in [4.69, 9.17) is 34.8 Å². The predicted molar refractivity (Wildman–Crippen MR) is 172 cm³/mol. The van der Waals surface area contributed by atoms with Crippen molar-refractivity contribution in [3.63, 3.8) is 0 Å². The molecule has 1 aliphatic rings. The lowest BCUT2D eigenvalue weighted by atomic mass is 9.89. The first-order chi connectivity index (χ1) is 20.9. The van der Waals surface area contributed by atoms with Gasteiger partial charge in [-0.05, 0) is 66.6 Å². The number of hydrogen-bond donors (Lipinski definition) is 1. The maximum absolute atomic E-state index is 14.3. The number of hydrogen-bond acceptors (Lipinski definition) is 6. The molecule has 1 saturated carbocycles. The number of fused-ring (bicyclic) bond motifs is 1. The summed E-state index contributed by atoms with van der Waals surface area (Å²) in [7, 11) is 0. The fraction of sp³-hybridized carbons (Fsp3) is 0.219. The third kappa shape index (κ3) is 6.38. The van der Waals surface area contributed by atoms with E-state index >= 15 is 0 Å². The van der Waals surface area contributed by atoms with Crippen LogP contribution in [0.1, 0.15) is 51.4 Å². The Morgan fingerprint density at radius 3 is 2.42 bits per heavy atom. The molecule has 3 aromatic heterocycles. The van der Waals surface area contributed by atoms with Crippen molar-refractivity contribution < 1.29 is 9.59 Å². The molecule has 0 saturated heterocycles. The van der Waals surface area contributed by atoms with Crippen molar-refractivity contribution in [2.24, 2.45) is 0 Å². The fourth-order valence-electron chi connectivity index (χ4n) is 5.51. The Labute approximate surface area is 267 Å². The number of pyridine rings is 1. The highest BCUT2D eigenvalue weighted by atomic mass is 35.5. The lowest BCUT2D eigenvalue weighted by molar-refractivity contribution is 0.0597. The van der Waals surface area contributed by atoms with E-state index < -0.39 is 0 Å². The van der Waals surface area contributed by atoms with Gasteiger partial charge in [-0.25, -0.2) is 4.98 Å². The van der Waals surface area contributed by atoms with Crippen molar-refractivity contribution >= 4 is 68.0 Å². The van der Waals surface area contributed by atoms with Crippen LogP contribution in [0.4, 0.5) is 0 Å². The van der Waals surface area contributed by atoms with E-state index in [0.29, 0.717) is 36.6 Å². The molecule has 218 valence electrons. The zero-order chi connectivity index (χ0) is 29.9. The molecule has 1 fully saturated rings. The second kappa shape index (κ2) is 13.0. The van der Waals surface area contributed by atoms with Gasteiger partial charge in [0.05, 0.1) is 26.0 Å². The third-order valence-electron chi connectivity index (χ3n) is 7.71. The number of aromatic nitrogens is 3. The molecule has 0 atom stereocenters. The van der Waals surface area contributed by atoms with E-state index in [-0.39, 0.29) is 29.6 Å². The smallest absolute Gasteiger partial charge is 0.271 e. The van der Waals surface area contributed by atoms with Crippen LogP contribution in [-0.2, 0) is 6.54 Å². The van der Waals surface area contributed by atoms with Crippen molar-refractivity contribution in [2.75, 3.05) is 0 Å². The average Bonchev–Trinajstić information content (AvgIpc) is 3.39. The maximum Gasteiger partial charge on any atom is 0.271 e. The number of carbonyl (C=O) groups is 2. The number of nitrogens with zero attached hydrogens (tertiary/aromatic N) is 4. The Morgan fingerprint density at radius 2 is 1.67 bits per heavy atom. The van der Waals surface area contributed by atoms with Gasteiger partial charge in [0.2, 0.25) is 0 Å². The third-order valence-corrected chi connectivity index (χ3v) is 10.3. The molecule has 7 nitrogen and oxygen atoms in total. The summed E-state index contributed by atoms with van der Waals surface area (Å²) < 4.78 is 0.692. The van der Waals surface area contributed by atoms with Crippen LogP contribution in [-0.4, -0.2) is 43.7 Å². The van der Waals surface area contributed by atoms with E-state index in [0.717, 1.165) is 42.4 Å². The molecule has 6 rings (SSSR count). The zero-order valence-electron chi connectivity index (χ0n) is 22.8. The number of halogens is 3. The summed E-state index contributed by atoms with van der Waals surface area (Å²) in [5, 5.41) is 4.96. The predicted octanol–water partition coefficient (Wildman–Crippen LogP) is 8.10. The van der Waals surface area contributed by atoms with Gasteiger partial charge in [-0.15, -0.1) is 11.3 Å². The van der Waals surface area contributed by atoms with Gasteiger partial charge in [0, 0.05) is 48.8 Å². The van der Waals surface area contributed by atoms with Gasteiger partial charge in [0.15, 0.2) is 0 Å². The van der Waals surface area contributed by atoms with Crippen LogP contribution >= 0.6 is 46.1 Å². The summed E-state index contributed by atoms with van der Waals surface area (Å²) in [6.45, 7) is 0.401. The topological polar surface area (TPSA) is 88.1 Å². The highest BCUT2D eigenvalue weighted by molar-refractivity contribution is 7.22. The van der Waals surface area contributed by atoms with E-state index in [2.05, 4.69) is 26.3 Å². The van der Waals surface area contributed by atoms with E-state index in [1.54, 1.807) is 24.5 Å². The number of nitrogens with one attached hydrogen (secondary N) is 1. The molecule has 0 spiro atoms. The number of carbonyl (C=O) groups excluding carboxylic acids is 2. The largest absolute Gasteiger partial charge is 0.348 e. The summed E-state index contributed by atoms with van der Waals surface area (Å²) in [4.78, 5) is 41.5. The van der Waals surface area contributed by atoms with E-state index in [9.17, 15) is 9.59 Å². The van der Waals surface area contributed by atoms with Crippen molar-refractivity contribution in [2.45, 2.75) is 44.3 Å². The lowest BCUT2D eigenvalue weighted by Crippen LogP contribution is -2.46. The zero-order valence-corrected chi connectivity index (χ0v) is 25.9. The lowest BCUT2D eigenvalue weighted by Gasteiger charge is -2.37. The van der Waals surface area contributed by atoms with Crippen molar-refractivity contribution in [3.05, 3.63) is 111 Å². The van der Waals surface area contributed by atoms with Crippen molar-refractivity contribution in [3.8, 4) is 11.1 Å².